The normalized spacial score (nSPS) is 12.6. The minimum atomic E-state index is -1.16. The highest BCUT2D eigenvalue weighted by atomic mass is 32.1. The van der Waals surface area contributed by atoms with E-state index in [1.165, 1.54) is 168 Å². The zero-order valence-corrected chi connectivity index (χ0v) is 44.8. The van der Waals surface area contributed by atoms with Crippen molar-refractivity contribution in [3.63, 3.8) is 0 Å². The van der Waals surface area contributed by atoms with Gasteiger partial charge in [0.05, 0.1) is 0 Å². The average molecular weight is 984 g/mol. The highest BCUT2D eigenvalue weighted by Crippen LogP contribution is 2.50. The van der Waals surface area contributed by atoms with Crippen LogP contribution in [0.5, 0.6) is 0 Å². The highest BCUT2D eigenvalue weighted by Gasteiger charge is 2.24. The van der Waals surface area contributed by atoms with Crippen molar-refractivity contribution in [1.29, 1.82) is 5.26 Å². The molecule has 0 unspecified atom stereocenters. The summed E-state index contributed by atoms with van der Waals surface area (Å²) in [5.74, 6) is -1.16. The molecule has 1 aliphatic heterocycles. The van der Waals surface area contributed by atoms with Crippen LogP contribution in [0.15, 0.2) is 72.3 Å². The maximum absolute atomic E-state index is 12.1. The van der Waals surface area contributed by atoms with E-state index in [4.69, 9.17) is 0 Å². The predicted molar refractivity (Wildman–Crippen MR) is 299 cm³/mol. The number of carboxylic acid groups (broad SMARTS) is 1. The number of nitriles is 1. The maximum atomic E-state index is 12.1. The van der Waals surface area contributed by atoms with E-state index in [1.807, 2.05) is 40.1 Å². The zero-order valence-electron chi connectivity index (χ0n) is 41.6. The van der Waals surface area contributed by atoms with Crippen molar-refractivity contribution in [2.24, 2.45) is 0 Å². The standard InChI is InChI=1S/C60H74N2O2S4/c1-6-11-15-19-26-44-36-54(65-52(44)40-49(41-61)60(63)64)57-47(28-21-17-13-8-3)38-56(67-57)59-48(29-22-18-14-9-4)39-55(68-59)58-46(27-20-16-12-7-2)37-53(66-58)45-33-34-51-43(35-45)32-31-42-25-23-24-30-50(42)62(51)10-5/h23-25,30,33-40H,6-22,26-29,31-32H2,1-5H3,(H,63,64)/b49-40+. The molecule has 8 heteroatoms. The Balaban J connectivity index is 1.31. The first kappa shape index (κ1) is 51.6. The molecule has 0 amide bonds. The fourth-order valence-corrected chi connectivity index (χ4v) is 15.1. The van der Waals surface area contributed by atoms with Gasteiger partial charge in [0, 0.05) is 56.9 Å². The van der Waals surface area contributed by atoms with Crippen LogP contribution in [0.1, 0.15) is 176 Å². The number of fused-ring (bicyclic) bond motifs is 2. The SMILES string of the molecule is CCCCCCc1cc(-c2sc(-c3sc(-c4sc(-c5ccc6c(c5)CCc5ccccc5N6CC)cc4CCCCCC)cc3CCCCCC)cc2CCCCCC)sc1/C=C(\C#N)C(=O)O. The van der Waals surface area contributed by atoms with Crippen LogP contribution in [-0.2, 0) is 43.3 Å². The van der Waals surface area contributed by atoms with Gasteiger partial charge in [-0.1, -0.05) is 129 Å². The van der Waals surface area contributed by atoms with E-state index in [0.717, 1.165) is 69.2 Å². The Morgan fingerprint density at radius 2 is 1.01 bits per heavy atom. The monoisotopic (exact) mass is 982 g/mol. The van der Waals surface area contributed by atoms with E-state index in [0.29, 0.717) is 0 Å². The number of carboxylic acids is 1. The van der Waals surface area contributed by atoms with Crippen LogP contribution in [0.3, 0.4) is 0 Å². The summed E-state index contributed by atoms with van der Waals surface area (Å²) in [7, 11) is 0. The number of para-hydroxylation sites is 1. The van der Waals surface area contributed by atoms with Crippen LogP contribution in [0.25, 0.3) is 45.8 Å². The molecule has 1 aliphatic rings. The summed E-state index contributed by atoms with van der Waals surface area (Å²) in [5, 5.41) is 19.6. The third kappa shape index (κ3) is 12.9. The van der Waals surface area contributed by atoms with E-state index in [9.17, 15) is 15.2 Å². The van der Waals surface area contributed by atoms with Gasteiger partial charge >= 0.3 is 5.97 Å². The zero-order chi connectivity index (χ0) is 47.8. The fourth-order valence-electron chi connectivity index (χ4n) is 9.88. The summed E-state index contributed by atoms with van der Waals surface area (Å²) in [6.07, 6.45) is 27.1. The van der Waals surface area contributed by atoms with Gasteiger partial charge in [-0.15, -0.1) is 45.3 Å². The molecule has 0 saturated carbocycles. The Bertz CT molecular complexity index is 2650. The van der Waals surface area contributed by atoms with Crippen molar-refractivity contribution in [3.8, 4) is 45.8 Å². The van der Waals surface area contributed by atoms with E-state index < -0.39 is 5.97 Å². The number of aryl methyl sites for hydroxylation is 6. The number of hydrogen-bond acceptors (Lipinski definition) is 7. The molecule has 0 spiro atoms. The van der Waals surface area contributed by atoms with Crippen molar-refractivity contribution in [1.82, 2.24) is 0 Å². The molecular formula is C60H74N2O2S4. The van der Waals surface area contributed by atoms with Crippen molar-refractivity contribution in [3.05, 3.63) is 111 Å². The second-order valence-corrected chi connectivity index (χ2v) is 23.1. The molecule has 0 atom stereocenters. The Morgan fingerprint density at radius 3 is 1.53 bits per heavy atom. The first-order valence-corrected chi connectivity index (χ1v) is 29.4. The van der Waals surface area contributed by atoms with Crippen LogP contribution >= 0.6 is 45.3 Å². The van der Waals surface area contributed by atoms with Gasteiger partial charge in [-0.25, -0.2) is 4.79 Å². The third-order valence-electron chi connectivity index (χ3n) is 13.7. The third-order valence-corrected chi connectivity index (χ3v) is 18.9. The van der Waals surface area contributed by atoms with E-state index in [2.05, 4.69) is 106 Å². The lowest BCUT2D eigenvalue weighted by Gasteiger charge is -2.25. The van der Waals surface area contributed by atoms with Crippen molar-refractivity contribution in [2.75, 3.05) is 11.4 Å². The first-order chi connectivity index (χ1) is 33.3. The van der Waals surface area contributed by atoms with Gasteiger partial charge in [0.15, 0.2) is 0 Å². The van der Waals surface area contributed by atoms with Gasteiger partial charge in [-0.05, 0) is 159 Å². The fraction of sp³-hybridized carbons (Fsp3) is 0.467. The minimum absolute atomic E-state index is 0.198. The van der Waals surface area contributed by atoms with Gasteiger partial charge in [0.25, 0.3) is 0 Å². The number of hydrogen-bond donors (Lipinski definition) is 1. The molecule has 4 nitrogen and oxygen atoms in total. The summed E-state index contributed by atoms with van der Waals surface area (Å²) in [6, 6.07) is 28.1. The highest BCUT2D eigenvalue weighted by molar-refractivity contribution is 7.29. The number of thiophene rings is 4. The van der Waals surface area contributed by atoms with Crippen LogP contribution < -0.4 is 4.90 Å². The molecule has 0 aliphatic carbocycles. The van der Waals surface area contributed by atoms with Crippen LogP contribution in [0, 0.1) is 11.3 Å². The molecule has 4 aromatic heterocycles. The largest absolute Gasteiger partial charge is 0.477 e. The minimum Gasteiger partial charge on any atom is -0.477 e. The molecule has 6 aromatic rings. The molecular weight excluding hydrogens is 909 g/mol. The molecule has 0 radical (unpaired) electrons. The lowest BCUT2D eigenvalue weighted by Crippen LogP contribution is -2.17. The number of benzene rings is 2. The number of aliphatic carboxylic acids is 1. The summed E-state index contributed by atoms with van der Waals surface area (Å²) in [6.45, 7) is 12.3. The molecule has 2 aromatic carbocycles. The molecule has 0 saturated heterocycles. The lowest BCUT2D eigenvalue weighted by molar-refractivity contribution is -0.132. The van der Waals surface area contributed by atoms with Crippen molar-refractivity contribution >= 4 is 68.8 Å². The van der Waals surface area contributed by atoms with E-state index in [1.54, 1.807) is 17.4 Å². The molecule has 7 rings (SSSR count). The number of anilines is 2. The summed E-state index contributed by atoms with van der Waals surface area (Å²) in [5.41, 5.74) is 12.3. The van der Waals surface area contributed by atoms with Crippen molar-refractivity contribution < 1.29 is 9.90 Å². The Morgan fingerprint density at radius 1 is 0.559 bits per heavy atom. The van der Waals surface area contributed by atoms with Gasteiger partial charge in [-0.3, -0.25) is 0 Å². The second kappa shape index (κ2) is 26.1. The Kier molecular flexibility index (Phi) is 19.8. The Hall–Kier alpha value is -4.26. The van der Waals surface area contributed by atoms with Crippen molar-refractivity contribution in [2.45, 2.75) is 176 Å². The topological polar surface area (TPSA) is 64.3 Å². The van der Waals surface area contributed by atoms with E-state index >= 15 is 0 Å². The molecule has 5 heterocycles. The van der Waals surface area contributed by atoms with Gasteiger partial charge in [0.1, 0.15) is 11.6 Å². The lowest BCUT2D eigenvalue weighted by atomic mass is 10.0. The van der Waals surface area contributed by atoms with Gasteiger partial charge in [-0.2, -0.15) is 5.26 Å². The van der Waals surface area contributed by atoms with Crippen LogP contribution in [-0.4, -0.2) is 17.6 Å². The number of nitrogens with zero attached hydrogens (tertiary/aromatic N) is 2. The summed E-state index contributed by atoms with van der Waals surface area (Å²) >= 11 is 7.63. The van der Waals surface area contributed by atoms with Crippen LogP contribution in [0.2, 0.25) is 0 Å². The maximum Gasteiger partial charge on any atom is 0.346 e. The molecule has 0 fully saturated rings. The average Bonchev–Trinajstić information content (AvgIpc) is 4.15. The first-order valence-electron chi connectivity index (χ1n) is 26.2. The molecule has 360 valence electrons. The quantitative estimate of drug-likeness (QED) is 0.0317. The summed E-state index contributed by atoms with van der Waals surface area (Å²) in [4.78, 5) is 25.0. The van der Waals surface area contributed by atoms with Gasteiger partial charge < -0.3 is 10.0 Å². The molecule has 0 bridgehead atoms. The molecule has 68 heavy (non-hydrogen) atoms. The van der Waals surface area contributed by atoms with Gasteiger partial charge in [0.2, 0.25) is 0 Å². The number of rotatable bonds is 27. The smallest absolute Gasteiger partial charge is 0.346 e. The van der Waals surface area contributed by atoms with E-state index in [-0.39, 0.29) is 5.57 Å². The molecule has 1 N–H and O–H groups in total. The number of carbonyl (C=O) groups is 1. The predicted octanol–water partition coefficient (Wildman–Crippen LogP) is 19.3. The van der Waals surface area contributed by atoms with Crippen LogP contribution in [0.4, 0.5) is 11.4 Å². The number of unbranched alkanes of at least 4 members (excludes halogenated alkanes) is 12. The Labute approximate surface area is 424 Å². The second-order valence-electron chi connectivity index (χ2n) is 18.8. The summed E-state index contributed by atoms with van der Waals surface area (Å²) < 4.78 is 0.